The van der Waals surface area contributed by atoms with Crippen molar-refractivity contribution < 1.29 is 14.3 Å². The van der Waals surface area contributed by atoms with E-state index in [-0.39, 0.29) is 11.8 Å². The highest BCUT2D eigenvalue weighted by Gasteiger charge is 2.35. The summed E-state index contributed by atoms with van der Waals surface area (Å²) in [6, 6.07) is 12.5. The summed E-state index contributed by atoms with van der Waals surface area (Å²) in [6.07, 6.45) is 1.75. The lowest BCUT2D eigenvalue weighted by Crippen LogP contribution is -2.31. The van der Waals surface area contributed by atoms with Crippen LogP contribution < -0.4 is 9.64 Å². The number of anilines is 1. The number of fused-ring (bicyclic) bond motifs is 1. The van der Waals surface area contributed by atoms with Gasteiger partial charge in [-0.05, 0) is 35.9 Å². The Bertz CT molecular complexity index is 842. The molecular weight excluding hydrogens is 314 g/mol. The highest BCUT2D eigenvalue weighted by Crippen LogP contribution is 2.39. The summed E-state index contributed by atoms with van der Waals surface area (Å²) in [5.74, 6) is 0.00898. The Hall–Kier alpha value is -2.59. The van der Waals surface area contributed by atoms with Gasteiger partial charge in [0.05, 0.1) is 18.4 Å². The van der Waals surface area contributed by atoms with E-state index in [0.717, 1.165) is 10.5 Å². The summed E-state index contributed by atoms with van der Waals surface area (Å²) < 4.78 is 5.19. The number of ether oxygens (including phenoxy) is 1. The number of carbonyl (C=O) groups is 2. The second-order valence-electron chi connectivity index (χ2n) is 5.16. The molecule has 4 nitrogen and oxygen atoms in total. The molecule has 0 aliphatic carbocycles. The van der Waals surface area contributed by atoms with Crippen molar-refractivity contribution in [3.63, 3.8) is 0 Å². The quantitative estimate of drug-likeness (QED) is 0.789. The first kappa shape index (κ1) is 15.3. The number of imide groups is 1. The van der Waals surface area contributed by atoms with Crippen LogP contribution in [0.1, 0.15) is 18.1 Å². The van der Waals surface area contributed by atoms with Gasteiger partial charge in [-0.2, -0.15) is 0 Å². The second kappa shape index (κ2) is 5.89. The zero-order chi connectivity index (χ0) is 16.6. The lowest BCUT2D eigenvalue weighted by molar-refractivity contribution is -0.122. The van der Waals surface area contributed by atoms with E-state index in [1.807, 2.05) is 24.3 Å². The summed E-state index contributed by atoms with van der Waals surface area (Å²) in [7, 11) is 1.59. The minimum atomic E-state index is -0.349. The van der Waals surface area contributed by atoms with Crippen molar-refractivity contribution in [1.29, 1.82) is 0 Å². The van der Waals surface area contributed by atoms with Crippen LogP contribution in [-0.4, -0.2) is 18.9 Å². The molecule has 0 saturated carbocycles. The summed E-state index contributed by atoms with van der Waals surface area (Å²) in [6.45, 7) is 1.36. The Morgan fingerprint density at radius 2 is 2.00 bits per heavy atom. The van der Waals surface area contributed by atoms with Gasteiger partial charge in [0.2, 0.25) is 5.91 Å². The van der Waals surface area contributed by atoms with E-state index in [1.54, 1.807) is 31.4 Å². The Kier molecular flexibility index (Phi) is 3.92. The van der Waals surface area contributed by atoms with Gasteiger partial charge >= 0.3 is 0 Å². The number of hydrogen-bond acceptors (Lipinski definition) is 3. The molecule has 0 spiro atoms. The smallest absolute Gasteiger partial charge is 0.265 e. The van der Waals surface area contributed by atoms with E-state index in [1.165, 1.54) is 6.92 Å². The van der Waals surface area contributed by atoms with Crippen molar-refractivity contribution in [3.8, 4) is 5.75 Å². The molecule has 1 aliphatic rings. The van der Waals surface area contributed by atoms with Crippen LogP contribution >= 0.6 is 11.6 Å². The molecule has 5 heteroatoms. The normalized spacial score (nSPS) is 15.0. The van der Waals surface area contributed by atoms with Crippen molar-refractivity contribution in [1.82, 2.24) is 0 Å². The van der Waals surface area contributed by atoms with Gasteiger partial charge in [0, 0.05) is 17.5 Å². The first-order chi connectivity index (χ1) is 11.0. The van der Waals surface area contributed by atoms with Crippen LogP contribution in [0.15, 0.2) is 42.5 Å². The van der Waals surface area contributed by atoms with E-state index >= 15 is 0 Å². The van der Waals surface area contributed by atoms with E-state index in [9.17, 15) is 9.59 Å². The maximum absolute atomic E-state index is 12.6. The second-order valence-corrected chi connectivity index (χ2v) is 5.59. The third-order valence-electron chi connectivity index (χ3n) is 3.64. The van der Waals surface area contributed by atoms with Crippen molar-refractivity contribution >= 4 is 40.8 Å². The monoisotopic (exact) mass is 327 g/mol. The fraction of sp³-hybridized carbons (Fsp3) is 0.111. The van der Waals surface area contributed by atoms with Gasteiger partial charge in [0.15, 0.2) is 0 Å². The van der Waals surface area contributed by atoms with Gasteiger partial charge in [0.1, 0.15) is 5.75 Å². The largest absolute Gasteiger partial charge is 0.497 e. The average molecular weight is 328 g/mol. The molecule has 23 heavy (non-hydrogen) atoms. The van der Waals surface area contributed by atoms with E-state index < -0.39 is 0 Å². The van der Waals surface area contributed by atoms with Crippen molar-refractivity contribution in [2.24, 2.45) is 0 Å². The number of rotatable bonds is 2. The number of halogens is 1. The van der Waals surface area contributed by atoms with Gasteiger partial charge in [-0.25, -0.2) is 4.90 Å². The first-order valence-corrected chi connectivity index (χ1v) is 7.40. The molecule has 0 N–H and O–H groups in total. The average Bonchev–Trinajstić information content (AvgIpc) is 2.79. The van der Waals surface area contributed by atoms with E-state index in [2.05, 4.69) is 0 Å². The maximum Gasteiger partial charge on any atom is 0.265 e. The van der Waals surface area contributed by atoms with E-state index in [0.29, 0.717) is 27.6 Å². The summed E-state index contributed by atoms with van der Waals surface area (Å²) in [4.78, 5) is 25.6. The number of nitrogens with zero attached hydrogens (tertiary/aromatic N) is 1. The highest BCUT2D eigenvalue weighted by molar-refractivity contribution is 6.42. The Balaban J connectivity index is 2.15. The van der Waals surface area contributed by atoms with Gasteiger partial charge in [-0.15, -0.1) is 0 Å². The topological polar surface area (TPSA) is 46.6 Å². The predicted molar refractivity (Wildman–Crippen MR) is 90.5 cm³/mol. The molecule has 116 valence electrons. The zero-order valence-electron chi connectivity index (χ0n) is 12.7. The van der Waals surface area contributed by atoms with Crippen molar-refractivity contribution in [2.45, 2.75) is 6.92 Å². The van der Waals surface area contributed by atoms with Crippen LogP contribution in [0.2, 0.25) is 5.02 Å². The van der Waals surface area contributed by atoms with Crippen molar-refractivity contribution in [3.05, 3.63) is 58.6 Å². The SMILES string of the molecule is COc1cccc(C=C2C(=O)N(C(C)=O)c3cc(Cl)ccc32)c1. The Morgan fingerprint density at radius 1 is 1.22 bits per heavy atom. The third-order valence-corrected chi connectivity index (χ3v) is 3.88. The number of hydrogen-bond donors (Lipinski definition) is 0. The molecule has 0 bridgehead atoms. The molecule has 3 rings (SSSR count). The minimum absolute atomic E-state index is 0.340. The molecule has 0 unspecified atom stereocenters. The van der Waals surface area contributed by atoms with Crippen LogP contribution in [0.3, 0.4) is 0 Å². The predicted octanol–water partition coefficient (Wildman–Crippen LogP) is 3.78. The molecular formula is C18H14ClNO3. The Morgan fingerprint density at radius 3 is 2.70 bits per heavy atom. The maximum atomic E-state index is 12.6. The third kappa shape index (κ3) is 2.73. The molecule has 2 aromatic rings. The van der Waals surface area contributed by atoms with Gasteiger partial charge in [-0.1, -0.05) is 29.8 Å². The summed E-state index contributed by atoms with van der Waals surface area (Å²) in [5.41, 5.74) is 2.49. The fourth-order valence-electron chi connectivity index (χ4n) is 2.61. The lowest BCUT2D eigenvalue weighted by Gasteiger charge is -2.12. The van der Waals surface area contributed by atoms with E-state index in [4.69, 9.17) is 16.3 Å². The minimum Gasteiger partial charge on any atom is -0.497 e. The number of amides is 2. The summed E-state index contributed by atoms with van der Waals surface area (Å²) in [5, 5.41) is 0.477. The first-order valence-electron chi connectivity index (χ1n) is 7.02. The van der Waals surface area contributed by atoms with Gasteiger partial charge in [0.25, 0.3) is 5.91 Å². The zero-order valence-corrected chi connectivity index (χ0v) is 13.4. The number of carbonyl (C=O) groups excluding carboxylic acids is 2. The van der Waals surface area contributed by atoms with Crippen LogP contribution in [-0.2, 0) is 9.59 Å². The van der Waals surface area contributed by atoms with Crippen LogP contribution in [0.4, 0.5) is 5.69 Å². The molecule has 2 aromatic carbocycles. The standard InChI is InChI=1S/C18H14ClNO3/c1-11(21)20-17-10-13(19)6-7-15(17)16(18(20)22)9-12-4-3-5-14(8-12)23-2/h3-10H,1-2H3. The molecule has 0 saturated heterocycles. The summed E-state index contributed by atoms with van der Waals surface area (Å²) >= 11 is 6.00. The molecule has 0 atom stereocenters. The molecule has 2 amide bonds. The molecule has 0 aromatic heterocycles. The number of benzene rings is 2. The lowest BCUT2D eigenvalue weighted by atomic mass is 10.0. The van der Waals surface area contributed by atoms with Gasteiger partial charge < -0.3 is 4.74 Å². The Labute approximate surface area is 138 Å². The molecule has 0 radical (unpaired) electrons. The van der Waals surface area contributed by atoms with Crippen LogP contribution in [0.5, 0.6) is 5.75 Å². The molecule has 0 fully saturated rings. The highest BCUT2D eigenvalue weighted by atomic mass is 35.5. The van der Waals surface area contributed by atoms with Crippen molar-refractivity contribution in [2.75, 3.05) is 12.0 Å². The van der Waals surface area contributed by atoms with Gasteiger partial charge in [-0.3, -0.25) is 9.59 Å². The van der Waals surface area contributed by atoms with Crippen LogP contribution in [0.25, 0.3) is 11.6 Å². The fourth-order valence-corrected chi connectivity index (χ4v) is 2.78. The molecule has 1 aliphatic heterocycles. The number of methoxy groups -OCH3 is 1. The molecule has 1 heterocycles. The van der Waals surface area contributed by atoms with Crippen LogP contribution in [0, 0.1) is 0 Å².